The molecule has 54 valence electrons. The maximum atomic E-state index is 10.5. The molecule has 0 unspecified atom stereocenters. The van der Waals surface area contributed by atoms with Crippen molar-refractivity contribution in [3.63, 3.8) is 0 Å². The lowest BCUT2D eigenvalue weighted by atomic mass is 10.6. The Labute approximate surface area is 55.7 Å². The molecule has 5 nitrogen and oxygen atoms in total. The van der Waals surface area contributed by atoms with Gasteiger partial charge in [-0.15, -0.1) is 0 Å². The van der Waals surface area contributed by atoms with Gasteiger partial charge < -0.3 is 4.74 Å². The van der Waals surface area contributed by atoms with Crippen LogP contribution in [-0.4, -0.2) is 17.1 Å². The molecule has 1 aromatic rings. The number of ether oxygens (including phenoxy) is 1. The number of aromatic amines is 2. The molecular weight excluding hydrogens is 136 g/mol. The fourth-order valence-electron chi connectivity index (χ4n) is 0.556. The fraction of sp³-hybridized carbons (Fsp3) is 0.200. The number of hydrogen-bond acceptors (Lipinski definition) is 3. The van der Waals surface area contributed by atoms with E-state index in [2.05, 4.69) is 9.72 Å². The Kier molecular flexibility index (Phi) is 1.57. The van der Waals surface area contributed by atoms with E-state index in [4.69, 9.17) is 0 Å². The average Bonchev–Trinajstić information content (AvgIpc) is 1.85. The van der Waals surface area contributed by atoms with Gasteiger partial charge in [0, 0.05) is 0 Å². The SMILES string of the molecule is COc1cc(=O)[nH]c(=O)[nH]1. The summed E-state index contributed by atoms with van der Waals surface area (Å²) >= 11 is 0. The van der Waals surface area contributed by atoms with E-state index < -0.39 is 11.2 Å². The molecule has 0 aliphatic rings. The normalized spacial score (nSPS) is 9.30. The Balaban J connectivity index is 3.33. The lowest BCUT2D eigenvalue weighted by Gasteiger charge is -1.94. The third-order valence-electron chi connectivity index (χ3n) is 0.956. The van der Waals surface area contributed by atoms with E-state index in [0.717, 1.165) is 6.07 Å². The fourth-order valence-corrected chi connectivity index (χ4v) is 0.556. The Bertz CT molecular complexity index is 296. The predicted molar refractivity (Wildman–Crippen MR) is 34.2 cm³/mol. The van der Waals surface area contributed by atoms with E-state index in [1.54, 1.807) is 0 Å². The van der Waals surface area contributed by atoms with Crippen LogP contribution in [0.3, 0.4) is 0 Å². The highest BCUT2D eigenvalue weighted by Crippen LogP contribution is 1.92. The zero-order valence-electron chi connectivity index (χ0n) is 5.30. The number of rotatable bonds is 1. The minimum Gasteiger partial charge on any atom is -0.482 e. The van der Waals surface area contributed by atoms with Crippen LogP contribution in [0.15, 0.2) is 15.7 Å². The first kappa shape index (κ1) is 6.60. The molecule has 0 aliphatic carbocycles. The molecule has 0 radical (unpaired) electrons. The second-order valence-electron chi connectivity index (χ2n) is 1.66. The number of methoxy groups -OCH3 is 1. The maximum Gasteiger partial charge on any atom is 0.328 e. The van der Waals surface area contributed by atoms with Gasteiger partial charge >= 0.3 is 5.69 Å². The minimum atomic E-state index is -0.565. The summed E-state index contributed by atoms with van der Waals surface area (Å²) in [7, 11) is 1.37. The van der Waals surface area contributed by atoms with Gasteiger partial charge in [-0.1, -0.05) is 0 Å². The zero-order chi connectivity index (χ0) is 7.56. The summed E-state index contributed by atoms with van der Waals surface area (Å²) in [6.45, 7) is 0. The van der Waals surface area contributed by atoms with E-state index in [1.807, 2.05) is 4.98 Å². The van der Waals surface area contributed by atoms with Gasteiger partial charge in [-0.05, 0) is 0 Å². The molecule has 0 aromatic carbocycles. The van der Waals surface area contributed by atoms with Crippen molar-refractivity contribution in [2.75, 3.05) is 7.11 Å². The summed E-state index contributed by atoms with van der Waals surface area (Å²) in [6, 6.07) is 1.15. The molecule has 0 fully saturated rings. The molecule has 1 rings (SSSR count). The van der Waals surface area contributed by atoms with Crippen molar-refractivity contribution in [2.45, 2.75) is 0 Å². The second-order valence-corrected chi connectivity index (χ2v) is 1.66. The van der Waals surface area contributed by atoms with Gasteiger partial charge in [-0.3, -0.25) is 14.8 Å². The predicted octanol–water partition coefficient (Wildman–Crippen LogP) is -0.928. The van der Waals surface area contributed by atoms with Crippen LogP contribution in [-0.2, 0) is 0 Å². The van der Waals surface area contributed by atoms with Gasteiger partial charge in [0.25, 0.3) is 5.56 Å². The van der Waals surface area contributed by atoms with Gasteiger partial charge in [0.05, 0.1) is 13.2 Å². The van der Waals surface area contributed by atoms with Gasteiger partial charge in [0.1, 0.15) is 0 Å². The highest BCUT2D eigenvalue weighted by molar-refractivity contribution is 5.04. The highest BCUT2D eigenvalue weighted by atomic mass is 16.5. The summed E-state index contributed by atoms with van der Waals surface area (Å²) < 4.78 is 4.60. The largest absolute Gasteiger partial charge is 0.482 e. The van der Waals surface area contributed by atoms with E-state index in [-0.39, 0.29) is 5.88 Å². The molecule has 0 bridgehead atoms. The first-order valence-corrected chi connectivity index (χ1v) is 2.60. The Morgan fingerprint density at radius 2 is 2.10 bits per heavy atom. The smallest absolute Gasteiger partial charge is 0.328 e. The summed E-state index contributed by atoms with van der Waals surface area (Å²) in [5.41, 5.74) is -1.04. The molecule has 1 heterocycles. The molecule has 2 N–H and O–H groups in total. The van der Waals surface area contributed by atoms with Gasteiger partial charge in [-0.2, -0.15) is 0 Å². The maximum absolute atomic E-state index is 10.5. The average molecular weight is 142 g/mol. The van der Waals surface area contributed by atoms with Crippen LogP contribution in [0.5, 0.6) is 5.88 Å². The van der Waals surface area contributed by atoms with Crippen LogP contribution in [0, 0.1) is 0 Å². The van der Waals surface area contributed by atoms with Crippen LogP contribution >= 0.6 is 0 Å². The molecule has 0 saturated heterocycles. The second kappa shape index (κ2) is 2.38. The first-order chi connectivity index (χ1) is 4.72. The van der Waals surface area contributed by atoms with Crippen molar-refractivity contribution in [1.29, 1.82) is 0 Å². The minimum absolute atomic E-state index is 0.161. The standard InChI is InChI=1S/C5H6N2O3/c1-10-4-2-3(8)6-5(9)7-4/h2H,1H3,(H2,6,7,8,9). The number of aromatic nitrogens is 2. The molecule has 1 aromatic heterocycles. The molecule has 0 spiro atoms. The lowest BCUT2D eigenvalue weighted by molar-refractivity contribution is 0.394. The van der Waals surface area contributed by atoms with Crippen molar-refractivity contribution in [2.24, 2.45) is 0 Å². The van der Waals surface area contributed by atoms with Crippen molar-refractivity contribution >= 4 is 0 Å². The molecular formula is C5H6N2O3. The Hall–Kier alpha value is -1.52. The number of H-pyrrole nitrogens is 2. The molecule has 0 atom stereocenters. The van der Waals surface area contributed by atoms with Crippen LogP contribution in [0.4, 0.5) is 0 Å². The quantitative estimate of drug-likeness (QED) is 0.532. The highest BCUT2D eigenvalue weighted by Gasteiger charge is 1.91. The molecule has 5 heteroatoms. The summed E-state index contributed by atoms with van der Waals surface area (Å²) in [6.07, 6.45) is 0. The van der Waals surface area contributed by atoms with Crippen molar-refractivity contribution in [3.05, 3.63) is 26.9 Å². The van der Waals surface area contributed by atoms with Crippen molar-refractivity contribution in [1.82, 2.24) is 9.97 Å². The first-order valence-electron chi connectivity index (χ1n) is 2.60. The van der Waals surface area contributed by atoms with E-state index in [9.17, 15) is 9.59 Å². The van der Waals surface area contributed by atoms with E-state index >= 15 is 0 Å². The number of hydrogen-bond donors (Lipinski definition) is 2. The zero-order valence-corrected chi connectivity index (χ0v) is 5.30. The third kappa shape index (κ3) is 1.25. The molecule has 0 saturated carbocycles. The third-order valence-corrected chi connectivity index (χ3v) is 0.956. The van der Waals surface area contributed by atoms with Crippen molar-refractivity contribution < 1.29 is 4.74 Å². The molecule has 0 aliphatic heterocycles. The summed E-state index contributed by atoms with van der Waals surface area (Å²) in [5, 5.41) is 0. The van der Waals surface area contributed by atoms with Crippen LogP contribution in [0.1, 0.15) is 0 Å². The number of nitrogens with one attached hydrogen (secondary N) is 2. The topological polar surface area (TPSA) is 75.0 Å². The monoisotopic (exact) mass is 142 g/mol. The van der Waals surface area contributed by atoms with Crippen LogP contribution in [0.25, 0.3) is 0 Å². The Morgan fingerprint density at radius 3 is 2.60 bits per heavy atom. The van der Waals surface area contributed by atoms with Crippen LogP contribution < -0.4 is 16.0 Å². The Morgan fingerprint density at radius 1 is 1.40 bits per heavy atom. The van der Waals surface area contributed by atoms with Gasteiger partial charge in [0.2, 0.25) is 0 Å². The summed E-state index contributed by atoms with van der Waals surface area (Å²) in [4.78, 5) is 25.3. The lowest BCUT2D eigenvalue weighted by Crippen LogP contribution is -2.21. The van der Waals surface area contributed by atoms with Gasteiger partial charge in [0.15, 0.2) is 5.88 Å². The van der Waals surface area contributed by atoms with Crippen LogP contribution in [0.2, 0.25) is 0 Å². The van der Waals surface area contributed by atoms with E-state index in [0.29, 0.717) is 0 Å². The van der Waals surface area contributed by atoms with E-state index in [1.165, 1.54) is 7.11 Å². The van der Waals surface area contributed by atoms with Gasteiger partial charge in [-0.25, -0.2) is 4.79 Å². The molecule has 0 amide bonds. The van der Waals surface area contributed by atoms with Crippen molar-refractivity contribution in [3.8, 4) is 5.88 Å². The molecule has 10 heavy (non-hydrogen) atoms. The summed E-state index contributed by atoms with van der Waals surface area (Å²) in [5.74, 6) is 0.161.